The number of methoxy groups -OCH3 is 1. The summed E-state index contributed by atoms with van der Waals surface area (Å²) in [5.41, 5.74) is 3.72. The first-order chi connectivity index (χ1) is 32.9. The highest BCUT2D eigenvalue weighted by Gasteiger charge is 2.42. The number of carbonyl (C=O) groups excluding carboxylic acids is 6. The minimum Gasteiger partial charge on any atom is -0.495 e. The van der Waals surface area contributed by atoms with Gasteiger partial charge in [-0.05, 0) is 130 Å². The van der Waals surface area contributed by atoms with Gasteiger partial charge < -0.3 is 28.6 Å². The fraction of sp³-hybridized carbons (Fsp3) is 0.0926. The maximum atomic E-state index is 14.1. The molecule has 0 radical (unpaired) electrons. The van der Waals surface area contributed by atoms with E-state index >= 15 is 0 Å². The normalized spacial score (nSPS) is 14.0. The number of nitrogens with zero attached hydrogens (tertiary/aromatic N) is 2. The number of esters is 4. The van der Waals surface area contributed by atoms with Crippen LogP contribution in [0.15, 0.2) is 186 Å². The number of benzene rings is 4. The number of allylic oxidation sites excluding steroid dienone is 3. The number of rotatable bonds is 15. The zero-order valence-corrected chi connectivity index (χ0v) is 39.7. The van der Waals surface area contributed by atoms with Gasteiger partial charge in [0.25, 0.3) is 5.04 Å². The highest BCUT2D eigenvalue weighted by atomic mass is 32.2. The van der Waals surface area contributed by atoms with Gasteiger partial charge in [0.2, 0.25) is 22.9 Å². The van der Waals surface area contributed by atoms with Crippen molar-refractivity contribution in [3.63, 3.8) is 0 Å². The predicted octanol–water partition coefficient (Wildman–Crippen LogP) is 11.1. The lowest BCUT2D eigenvalue weighted by atomic mass is 10.1. The summed E-state index contributed by atoms with van der Waals surface area (Å²) < 4.78 is 29.5. The molecule has 0 bridgehead atoms. The van der Waals surface area contributed by atoms with E-state index < -0.39 is 35.4 Å². The molecule has 0 N–H and O–H groups in total. The molecule has 1 aliphatic heterocycles. The lowest BCUT2D eigenvalue weighted by Gasteiger charge is -2.24. The van der Waals surface area contributed by atoms with Crippen molar-refractivity contribution in [1.29, 1.82) is 0 Å². The van der Waals surface area contributed by atoms with E-state index in [0.717, 1.165) is 0 Å². The van der Waals surface area contributed by atoms with E-state index in [2.05, 4.69) is 26.3 Å². The Morgan fingerprint density at radius 1 is 0.507 bits per heavy atom. The van der Waals surface area contributed by atoms with Crippen molar-refractivity contribution in [2.24, 2.45) is 0 Å². The van der Waals surface area contributed by atoms with Crippen LogP contribution in [-0.2, 0) is 33.5 Å². The van der Waals surface area contributed by atoms with E-state index in [1.54, 1.807) is 149 Å². The maximum absolute atomic E-state index is 14.1. The predicted molar refractivity (Wildman–Crippen MR) is 268 cm³/mol. The third kappa shape index (κ3) is 10.8. The minimum atomic E-state index is -0.749. The van der Waals surface area contributed by atoms with Crippen molar-refractivity contribution in [1.82, 2.24) is 4.58 Å². The van der Waals surface area contributed by atoms with Crippen LogP contribution >= 0.6 is 23.1 Å². The summed E-state index contributed by atoms with van der Waals surface area (Å²) in [7, 11) is 1.40. The lowest BCUT2D eigenvalue weighted by molar-refractivity contribution is -0.130. The highest BCUT2D eigenvalue weighted by Crippen LogP contribution is 2.46. The maximum Gasteiger partial charge on any atom is 0.338 e. The molecule has 2 heterocycles. The van der Waals surface area contributed by atoms with Crippen LogP contribution in [-0.4, -0.2) is 47.6 Å². The molecule has 346 valence electrons. The number of hydrogen-bond acceptors (Lipinski definition) is 14. The fourth-order valence-corrected chi connectivity index (χ4v) is 8.79. The monoisotopic (exact) mass is 959 g/mol. The molecule has 0 spiro atoms. The number of ketones is 2. The van der Waals surface area contributed by atoms with E-state index in [0.29, 0.717) is 65.6 Å². The van der Waals surface area contributed by atoms with Crippen molar-refractivity contribution in [2.75, 3.05) is 12.0 Å². The van der Waals surface area contributed by atoms with Gasteiger partial charge in [-0.25, -0.2) is 19.2 Å². The molecule has 0 atom stereocenters. The summed E-state index contributed by atoms with van der Waals surface area (Å²) in [5.74, 6) is -2.49. The number of anilines is 3. The third-order valence-electron chi connectivity index (χ3n) is 10.1. The second kappa shape index (κ2) is 20.6. The molecule has 13 nitrogen and oxygen atoms in total. The van der Waals surface area contributed by atoms with Crippen LogP contribution in [0.1, 0.15) is 32.6 Å². The Morgan fingerprint density at radius 3 is 1.26 bits per heavy atom. The van der Waals surface area contributed by atoms with Crippen LogP contribution in [0.3, 0.4) is 0 Å². The van der Waals surface area contributed by atoms with E-state index in [1.165, 1.54) is 30.2 Å². The molecule has 7 rings (SSSR count). The topological polar surface area (TPSA) is 155 Å². The summed E-state index contributed by atoms with van der Waals surface area (Å²) >= 11 is 2.47. The van der Waals surface area contributed by atoms with Crippen molar-refractivity contribution in [2.45, 2.75) is 27.7 Å². The Kier molecular flexibility index (Phi) is 14.5. The molecule has 0 saturated carbocycles. The van der Waals surface area contributed by atoms with Gasteiger partial charge in [-0.15, -0.1) is 15.9 Å². The average molecular weight is 960 g/mol. The molecule has 0 amide bonds. The summed E-state index contributed by atoms with van der Waals surface area (Å²) in [6.07, 6.45) is 3.54. The van der Waals surface area contributed by atoms with Crippen LogP contribution in [0.2, 0.25) is 0 Å². The molecule has 1 aliphatic carbocycles. The zero-order chi connectivity index (χ0) is 49.7. The molecule has 15 heteroatoms. The van der Waals surface area contributed by atoms with Crippen molar-refractivity contribution in [3.8, 4) is 23.0 Å². The molecule has 0 unspecified atom stereocenters. The molecule has 0 saturated heterocycles. The standard InChI is InChI=1S/C54H43N2O11S2/c1-30(2)51(59)64-38-18-10-34(11-19-38)55(35-12-20-39(21-13-35)65-52(60)31(3)4)44-28-26-42(68-44)46-48(57)49(58)47(50(46)63-9)43-27-29-45(69-43)56(36-14-22-40(23-15-36)66-53(61)32(5)6)37-16-24-41(25-17-37)67-54(62)33(7)8/h10-29H,1,3,5,7H2,2,4,6,8-9H3/q+1. The van der Waals surface area contributed by atoms with Crippen LogP contribution < -0.4 is 28.4 Å². The van der Waals surface area contributed by atoms with Gasteiger partial charge in [0, 0.05) is 73.8 Å². The number of ether oxygens (including phenoxy) is 5. The van der Waals surface area contributed by atoms with Crippen molar-refractivity contribution >= 4 is 96.9 Å². The second-order valence-corrected chi connectivity index (χ2v) is 17.7. The van der Waals surface area contributed by atoms with Crippen molar-refractivity contribution < 1.29 is 52.5 Å². The SMILES string of the molecule is C=C(C)C(=O)Oc1ccc(N(c2ccc(OC(=O)C(=C)C)cc2)c2ccc(C3=C(OC)/C(=C4\C=CC(=[N+](c5ccc(OC(=O)C(=C)C)cc5)c5ccc(OC(=O)C(=C)C)cc5)S4)C(=O)C3=O)s2)cc1. The first kappa shape index (κ1) is 48.5. The first-order valence-corrected chi connectivity index (χ1v) is 22.5. The highest BCUT2D eigenvalue weighted by molar-refractivity contribution is 8.18. The fourth-order valence-electron chi connectivity index (χ4n) is 6.61. The minimum absolute atomic E-state index is 0.0874. The van der Waals surface area contributed by atoms with Crippen molar-refractivity contribution in [3.05, 3.63) is 191 Å². The second-order valence-electron chi connectivity index (χ2n) is 15.5. The Labute approximate surface area is 405 Å². The Morgan fingerprint density at radius 2 is 0.884 bits per heavy atom. The van der Waals surface area contributed by atoms with Gasteiger partial charge in [-0.3, -0.25) is 9.59 Å². The molecule has 4 aromatic carbocycles. The van der Waals surface area contributed by atoms with Gasteiger partial charge >= 0.3 is 23.9 Å². The largest absolute Gasteiger partial charge is 0.495 e. The molecule has 69 heavy (non-hydrogen) atoms. The summed E-state index contributed by atoms with van der Waals surface area (Å²) in [4.78, 5) is 80.0. The molecule has 2 aliphatic rings. The van der Waals surface area contributed by atoms with Gasteiger partial charge in [0.1, 0.15) is 33.8 Å². The Bertz CT molecular complexity index is 3010. The number of thioether (sulfide) groups is 1. The van der Waals surface area contributed by atoms with Crippen LogP contribution in [0.4, 0.5) is 27.8 Å². The van der Waals surface area contributed by atoms with Gasteiger partial charge in [0.15, 0.2) is 0 Å². The Hall–Kier alpha value is -8.40. The van der Waals surface area contributed by atoms with Crippen LogP contribution in [0.25, 0.3) is 5.57 Å². The molecular formula is C54H43N2O11S2+. The number of thiophene rings is 1. The molecular weight excluding hydrogens is 917 g/mol. The average Bonchev–Trinajstić information content (AvgIpc) is 4.06. The first-order valence-electron chi connectivity index (χ1n) is 20.9. The quantitative estimate of drug-likeness (QED) is 0.0322. The van der Waals surface area contributed by atoms with Gasteiger partial charge in [-0.2, -0.15) is 0 Å². The van der Waals surface area contributed by atoms with E-state index in [4.69, 9.17) is 23.7 Å². The summed E-state index contributed by atoms with van der Waals surface area (Å²) in [6.45, 7) is 20.8. The molecule has 1 aromatic heterocycles. The van der Waals surface area contributed by atoms with Crippen LogP contribution in [0, 0.1) is 0 Å². The molecule has 5 aromatic rings. The Balaban J connectivity index is 1.27. The number of Topliss-reactive ketones (excluding diaryl/α,β-unsaturated/α-hetero) is 2. The smallest absolute Gasteiger partial charge is 0.338 e. The number of carbonyl (C=O) groups is 6. The zero-order valence-electron chi connectivity index (χ0n) is 38.1. The van der Waals surface area contributed by atoms with Crippen LogP contribution in [0.5, 0.6) is 23.0 Å². The number of hydrogen-bond donors (Lipinski definition) is 0. The van der Waals surface area contributed by atoms with E-state index in [-0.39, 0.29) is 39.2 Å². The summed E-state index contributed by atoms with van der Waals surface area (Å²) in [5, 5.41) is 1.27. The third-order valence-corrected chi connectivity index (χ3v) is 12.2. The molecule has 0 fully saturated rings. The lowest BCUT2D eigenvalue weighted by Crippen LogP contribution is -2.13. The summed E-state index contributed by atoms with van der Waals surface area (Å²) in [6, 6.07) is 30.6. The van der Waals surface area contributed by atoms with E-state index in [9.17, 15) is 28.8 Å². The van der Waals surface area contributed by atoms with Gasteiger partial charge in [-0.1, -0.05) is 26.3 Å². The van der Waals surface area contributed by atoms with Gasteiger partial charge in [0.05, 0.1) is 18.3 Å². The van der Waals surface area contributed by atoms with E-state index in [1.807, 2.05) is 9.48 Å².